The summed E-state index contributed by atoms with van der Waals surface area (Å²) in [6.07, 6.45) is 0. The van der Waals surface area contributed by atoms with Crippen LogP contribution in [0.4, 0.5) is 5.69 Å². The smallest absolute Gasteiger partial charge is 0.275 e. The molecule has 0 aliphatic heterocycles. The molecule has 0 radical (unpaired) electrons. The van der Waals surface area contributed by atoms with E-state index in [1.807, 2.05) is 13.0 Å². The Morgan fingerprint density at radius 2 is 1.96 bits per heavy atom. The third kappa shape index (κ3) is 4.53. The van der Waals surface area contributed by atoms with E-state index < -0.39 is 4.92 Å². The molecule has 8 heteroatoms. The summed E-state index contributed by atoms with van der Waals surface area (Å²) < 4.78 is 0. The van der Waals surface area contributed by atoms with Crippen molar-refractivity contribution in [1.82, 2.24) is 5.32 Å². The number of nitro groups is 1. The summed E-state index contributed by atoms with van der Waals surface area (Å²) in [5, 5.41) is 21.1. The molecule has 0 atom stereocenters. The monoisotopic (exact) mass is 348 g/mol. The first-order valence-electron chi connectivity index (χ1n) is 6.85. The van der Waals surface area contributed by atoms with Crippen molar-refractivity contribution in [1.29, 1.82) is 5.41 Å². The lowest BCUT2D eigenvalue weighted by Gasteiger charge is -2.08. The van der Waals surface area contributed by atoms with Gasteiger partial charge in [-0.1, -0.05) is 23.8 Å². The van der Waals surface area contributed by atoms with Gasteiger partial charge >= 0.3 is 0 Å². The Hall–Kier alpha value is -2.93. The fourth-order valence-electron chi connectivity index (χ4n) is 2.11. The van der Waals surface area contributed by atoms with Crippen LogP contribution in [0.5, 0.6) is 0 Å². The van der Waals surface area contributed by atoms with Crippen molar-refractivity contribution in [3.63, 3.8) is 0 Å². The van der Waals surface area contributed by atoms with Gasteiger partial charge in [0.1, 0.15) is 5.84 Å². The number of carbonyl (C=O) groups is 1. The Bertz CT molecular complexity index is 793. The minimum atomic E-state index is -0.555. The summed E-state index contributed by atoms with van der Waals surface area (Å²) in [6.45, 7) is 1.89. The van der Waals surface area contributed by atoms with Crippen LogP contribution in [0.1, 0.15) is 27.0 Å². The Morgan fingerprint density at radius 1 is 1.25 bits per heavy atom. The number of nitrogens with two attached hydrogens (primary N) is 1. The lowest BCUT2D eigenvalue weighted by molar-refractivity contribution is -0.385. The third-order valence-corrected chi connectivity index (χ3v) is 3.31. The first-order chi connectivity index (χ1) is 10.9. The SMILES string of the molecule is Cc1cccc(C(=O)NCc2ccc(C(=N)N)cc2[N+](=O)[O-])c1.Cl. The van der Waals surface area contributed by atoms with Gasteiger partial charge in [-0.15, -0.1) is 12.4 Å². The zero-order chi connectivity index (χ0) is 17.0. The summed E-state index contributed by atoms with van der Waals surface area (Å²) in [5.74, 6) is -0.554. The number of benzene rings is 2. The fourth-order valence-corrected chi connectivity index (χ4v) is 2.11. The normalized spacial score (nSPS) is 9.71. The maximum absolute atomic E-state index is 12.1. The predicted octanol–water partition coefficient (Wildman–Crippen LogP) is 2.54. The molecule has 0 unspecified atom stereocenters. The van der Waals surface area contributed by atoms with E-state index in [1.165, 1.54) is 18.2 Å². The summed E-state index contributed by atoms with van der Waals surface area (Å²) in [4.78, 5) is 22.7. The van der Waals surface area contributed by atoms with Crippen molar-refractivity contribution >= 4 is 29.8 Å². The highest BCUT2D eigenvalue weighted by Gasteiger charge is 2.16. The summed E-state index contributed by atoms with van der Waals surface area (Å²) >= 11 is 0. The molecule has 1 amide bonds. The quantitative estimate of drug-likeness (QED) is 0.332. The molecule has 0 aliphatic carbocycles. The number of amidine groups is 1. The zero-order valence-electron chi connectivity index (χ0n) is 12.9. The number of hydrogen-bond acceptors (Lipinski definition) is 4. The van der Waals surface area contributed by atoms with Crippen molar-refractivity contribution in [3.05, 3.63) is 74.8 Å². The van der Waals surface area contributed by atoms with Gasteiger partial charge in [0.05, 0.1) is 4.92 Å². The fraction of sp³-hybridized carbons (Fsp3) is 0.125. The van der Waals surface area contributed by atoms with Crippen molar-refractivity contribution in [3.8, 4) is 0 Å². The maximum Gasteiger partial charge on any atom is 0.275 e. The predicted molar refractivity (Wildman–Crippen MR) is 93.7 cm³/mol. The molecule has 126 valence electrons. The number of hydrogen-bond donors (Lipinski definition) is 3. The molecular weight excluding hydrogens is 332 g/mol. The molecule has 2 rings (SSSR count). The van der Waals surface area contributed by atoms with Gasteiger partial charge in [-0.05, 0) is 25.1 Å². The first-order valence-corrected chi connectivity index (χ1v) is 6.85. The molecule has 4 N–H and O–H groups in total. The molecule has 0 aromatic heterocycles. The Labute approximate surface area is 144 Å². The van der Waals surface area contributed by atoms with E-state index in [0.717, 1.165) is 5.56 Å². The molecule has 2 aromatic carbocycles. The molecule has 0 aliphatic rings. The molecule has 7 nitrogen and oxygen atoms in total. The van der Waals surface area contributed by atoms with E-state index in [9.17, 15) is 14.9 Å². The second-order valence-corrected chi connectivity index (χ2v) is 5.07. The average molecular weight is 349 g/mol. The van der Waals surface area contributed by atoms with Gasteiger partial charge in [-0.25, -0.2) is 0 Å². The van der Waals surface area contributed by atoms with E-state index in [0.29, 0.717) is 11.1 Å². The van der Waals surface area contributed by atoms with Crippen molar-refractivity contribution in [2.24, 2.45) is 5.73 Å². The molecule has 24 heavy (non-hydrogen) atoms. The number of rotatable bonds is 5. The molecule has 0 saturated heterocycles. The first kappa shape index (κ1) is 19.1. The lowest BCUT2D eigenvalue weighted by atomic mass is 10.1. The second kappa shape index (κ2) is 8.07. The Kier molecular flexibility index (Phi) is 6.43. The van der Waals surface area contributed by atoms with Gasteiger partial charge in [0.25, 0.3) is 11.6 Å². The largest absolute Gasteiger partial charge is 0.384 e. The molecule has 0 fully saturated rings. The van der Waals surface area contributed by atoms with E-state index in [2.05, 4.69) is 5.32 Å². The molecule has 0 bridgehead atoms. The van der Waals surface area contributed by atoms with Gasteiger partial charge in [-0.2, -0.15) is 0 Å². The van der Waals surface area contributed by atoms with Crippen LogP contribution in [0.25, 0.3) is 0 Å². The number of carbonyl (C=O) groups excluding carboxylic acids is 1. The van der Waals surface area contributed by atoms with E-state index in [1.54, 1.807) is 18.2 Å². The van der Waals surface area contributed by atoms with E-state index >= 15 is 0 Å². The molecular formula is C16H17ClN4O3. The van der Waals surface area contributed by atoms with E-state index in [4.69, 9.17) is 11.1 Å². The van der Waals surface area contributed by atoms with Crippen LogP contribution < -0.4 is 11.1 Å². The van der Waals surface area contributed by atoms with Crippen LogP contribution in [0.2, 0.25) is 0 Å². The van der Waals surface area contributed by atoms with Crippen LogP contribution in [0.3, 0.4) is 0 Å². The van der Waals surface area contributed by atoms with Crippen molar-refractivity contribution in [2.45, 2.75) is 13.5 Å². The highest BCUT2D eigenvalue weighted by molar-refractivity contribution is 5.96. The Morgan fingerprint density at radius 3 is 2.54 bits per heavy atom. The third-order valence-electron chi connectivity index (χ3n) is 3.31. The highest BCUT2D eigenvalue weighted by atomic mass is 35.5. The minimum Gasteiger partial charge on any atom is -0.384 e. The number of nitro benzene ring substituents is 1. The lowest BCUT2D eigenvalue weighted by Crippen LogP contribution is -2.23. The van der Waals surface area contributed by atoms with Crippen LogP contribution in [-0.4, -0.2) is 16.7 Å². The van der Waals surface area contributed by atoms with Crippen LogP contribution in [0, 0.1) is 22.4 Å². The van der Waals surface area contributed by atoms with Gasteiger partial charge in [-0.3, -0.25) is 20.3 Å². The van der Waals surface area contributed by atoms with E-state index in [-0.39, 0.29) is 41.9 Å². The van der Waals surface area contributed by atoms with Gasteiger partial charge in [0.15, 0.2) is 0 Å². The van der Waals surface area contributed by atoms with Gasteiger partial charge in [0.2, 0.25) is 0 Å². The van der Waals surface area contributed by atoms with Crippen molar-refractivity contribution < 1.29 is 9.72 Å². The second-order valence-electron chi connectivity index (χ2n) is 5.07. The van der Waals surface area contributed by atoms with Crippen LogP contribution in [0.15, 0.2) is 42.5 Å². The standard InChI is InChI=1S/C16H16N4O3.ClH/c1-10-3-2-4-12(7-10)16(21)19-9-13-6-5-11(15(17)18)8-14(13)20(22)23;/h2-8H,9H2,1H3,(H3,17,18)(H,19,21);1H. The van der Waals surface area contributed by atoms with Crippen molar-refractivity contribution in [2.75, 3.05) is 0 Å². The summed E-state index contributed by atoms with van der Waals surface area (Å²) in [5.41, 5.74) is 7.22. The van der Waals surface area contributed by atoms with Gasteiger partial charge < -0.3 is 11.1 Å². The average Bonchev–Trinajstić information content (AvgIpc) is 2.52. The number of nitrogens with zero attached hydrogens (tertiary/aromatic N) is 1. The molecule has 0 spiro atoms. The number of amides is 1. The number of aryl methyl sites for hydroxylation is 1. The Balaban J connectivity index is 0.00000288. The zero-order valence-corrected chi connectivity index (χ0v) is 13.7. The molecule has 0 heterocycles. The highest BCUT2D eigenvalue weighted by Crippen LogP contribution is 2.20. The maximum atomic E-state index is 12.1. The van der Waals surface area contributed by atoms with Crippen LogP contribution >= 0.6 is 12.4 Å². The number of nitrogens with one attached hydrogen (secondary N) is 2. The topological polar surface area (TPSA) is 122 Å². The van der Waals surface area contributed by atoms with Gasteiger partial charge in [0, 0.05) is 29.3 Å². The summed E-state index contributed by atoms with van der Waals surface area (Å²) in [7, 11) is 0. The number of halogens is 1. The summed E-state index contributed by atoms with van der Waals surface area (Å²) in [6, 6.07) is 11.3. The molecule has 0 saturated carbocycles. The number of nitrogen functional groups attached to an aromatic ring is 1. The molecule has 2 aromatic rings. The minimum absolute atomic E-state index is 0. The van der Waals surface area contributed by atoms with Crippen LogP contribution in [-0.2, 0) is 6.54 Å².